The lowest BCUT2D eigenvalue weighted by atomic mass is 9.95. The molecule has 1 aromatic rings. The first kappa shape index (κ1) is 9.97. The molecule has 0 radical (unpaired) electrons. The summed E-state index contributed by atoms with van der Waals surface area (Å²) in [7, 11) is 2.10. The zero-order valence-corrected chi connectivity index (χ0v) is 9.04. The number of hydrogen-bond acceptors (Lipinski definition) is 2. The molecular formula is C11H15ClN2. The Morgan fingerprint density at radius 2 is 2.21 bits per heavy atom. The molecule has 0 aromatic heterocycles. The minimum atomic E-state index is 0.235. The average molecular weight is 211 g/mol. The van der Waals surface area contributed by atoms with Gasteiger partial charge in [-0.1, -0.05) is 23.7 Å². The molecule has 0 unspecified atom stereocenters. The molecule has 2 nitrogen and oxygen atoms in total. The molecule has 1 fully saturated rings. The molecule has 1 aliphatic heterocycles. The SMILES string of the molecule is CN1C[C@@H](N)[C@@H](c2cccc(Cl)c2)C1. The second-order valence-electron chi connectivity index (χ2n) is 4.05. The summed E-state index contributed by atoms with van der Waals surface area (Å²) in [5, 5.41) is 0.796. The molecule has 2 atom stereocenters. The Kier molecular flexibility index (Phi) is 2.77. The molecule has 0 amide bonds. The number of hydrogen-bond donors (Lipinski definition) is 1. The molecule has 1 aromatic carbocycles. The van der Waals surface area contributed by atoms with Crippen LogP contribution in [-0.2, 0) is 0 Å². The van der Waals surface area contributed by atoms with Crippen LogP contribution < -0.4 is 5.73 Å². The van der Waals surface area contributed by atoms with Crippen LogP contribution in [0.2, 0.25) is 5.02 Å². The van der Waals surface area contributed by atoms with Crippen LogP contribution >= 0.6 is 11.6 Å². The second-order valence-corrected chi connectivity index (χ2v) is 4.48. The fourth-order valence-corrected chi connectivity index (χ4v) is 2.32. The van der Waals surface area contributed by atoms with E-state index in [9.17, 15) is 0 Å². The minimum Gasteiger partial charge on any atom is -0.326 e. The van der Waals surface area contributed by atoms with Crippen LogP contribution in [0.1, 0.15) is 11.5 Å². The van der Waals surface area contributed by atoms with Crippen molar-refractivity contribution < 1.29 is 0 Å². The van der Waals surface area contributed by atoms with Crippen molar-refractivity contribution in [2.24, 2.45) is 5.73 Å². The molecule has 3 heteroatoms. The predicted molar refractivity (Wildman–Crippen MR) is 59.7 cm³/mol. The van der Waals surface area contributed by atoms with Gasteiger partial charge in [-0.3, -0.25) is 0 Å². The van der Waals surface area contributed by atoms with E-state index >= 15 is 0 Å². The van der Waals surface area contributed by atoms with Crippen molar-refractivity contribution in [1.82, 2.24) is 4.90 Å². The zero-order valence-electron chi connectivity index (χ0n) is 8.28. The molecule has 0 aliphatic carbocycles. The van der Waals surface area contributed by atoms with E-state index in [1.807, 2.05) is 18.2 Å². The number of likely N-dealkylation sites (N-methyl/N-ethyl adjacent to an activating group) is 1. The zero-order chi connectivity index (χ0) is 10.1. The monoisotopic (exact) mass is 210 g/mol. The minimum absolute atomic E-state index is 0.235. The number of nitrogens with two attached hydrogens (primary N) is 1. The molecule has 0 saturated carbocycles. The van der Waals surface area contributed by atoms with E-state index in [0.717, 1.165) is 18.1 Å². The van der Waals surface area contributed by atoms with Crippen LogP contribution in [0, 0.1) is 0 Å². The van der Waals surface area contributed by atoms with Crippen molar-refractivity contribution in [3.8, 4) is 0 Å². The summed E-state index contributed by atoms with van der Waals surface area (Å²) in [5.74, 6) is 0.429. The summed E-state index contributed by atoms with van der Waals surface area (Å²) in [4.78, 5) is 2.26. The number of halogens is 1. The van der Waals surface area contributed by atoms with Crippen molar-refractivity contribution in [3.63, 3.8) is 0 Å². The Bertz CT molecular complexity index is 327. The van der Waals surface area contributed by atoms with Gasteiger partial charge in [0.2, 0.25) is 0 Å². The summed E-state index contributed by atoms with van der Waals surface area (Å²) in [6.45, 7) is 2.00. The molecule has 76 valence electrons. The molecule has 2 rings (SSSR count). The van der Waals surface area contributed by atoms with Crippen molar-refractivity contribution in [2.75, 3.05) is 20.1 Å². The molecule has 1 saturated heterocycles. The van der Waals surface area contributed by atoms with E-state index in [4.69, 9.17) is 17.3 Å². The average Bonchev–Trinajstić information content (AvgIpc) is 2.45. The maximum absolute atomic E-state index is 6.07. The maximum Gasteiger partial charge on any atom is 0.0408 e. The van der Waals surface area contributed by atoms with E-state index in [0.29, 0.717) is 5.92 Å². The summed E-state index contributed by atoms with van der Waals surface area (Å²) in [5.41, 5.74) is 7.33. The fourth-order valence-electron chi connectivity index (χ4n) is 2.12. The number of likely N-dealkylation sites (tertiary alicyclic amines) is 1. The first-order chi connectivity index (χ1) is 6.66. The molecule has 14 heavy (non-hydrogen) atoms. The second kappa shape index (κ2) is 3.89. The van der Waals surface area contributed by atoms with E-state index in [1.165, 1.54) is 5.56 Å². The molecule has 1 heterocycles. The van der Waals surface area contributed by atoms with Crippen LogP contribution in [0.3, 0.4) is 0 Å². The van der Waals surface area contributed by atoms with Crippen LogP contribution in [0.25, 0.3) is 0 Å². The van der Waals surface area contributed by atoms with Crippen molar-refractivity contribution >= 4 is 11.6 Å². The van der Waals surface area contributed by atoms with E-state index in [-0.39, 0.29) is 6.04 Å². The normalized spacial score (nSPS) is 28.2. The van der Waals surface area contributed by atoms with Crippen molar-refractivity contribution in [1.29, 1.82) is 0 Å². The molecule has 0 spiro atoms. The van der Waals surface area contributed by atoms with Gasteiger partial charge in [-0.15, -0.1) is 0 Å². The Hall–Kier alpha value is -0.570. The smallest absolute Gasteiger partial charge is 0.0408 e. The van der Waals surface area contributed by atoms with E-state index < -0.39 is 0 Å². The first-order valence-corrected chi connectivity index (χ1v) is 5.24. The Balaban J connectivity index is 2.23. The predicted octanol–water partition coefficient (Wildman–Crippen LogP) is 1.70. The highest BCUT2D eigenvalue weighted by Crippen LogP contribution is 2.27. The standard InChI is InChI=1S/C11H15ClN2/c1-14-6-10(11(13)7-14)8-3-2-4-9(12)5-8/h2-5,10-11H,6-7,13H2,1H3/t10-,11-/m1/s1. The highest BCUT2D eigenvalue weighted by atomic mass is 35.5. The Labute approximate surface area is 89.7 Å². The summed E-state index contributed by atoms with van der Waals surface area (Å²) >= 11 is 5.95. The number of rotatable bonds is 1. The van der Waals surface area contributed by atoms with Gasteiger partial charge in [0.25, 0.3) is 0 Å². The first-order valence-electron chi connectivity index (χ1n) is 4.86. The maximum atomic E-state index is 6.07. The molecular weight excluding hydrogens is 196 g/mol. The van der Waals surface area contributed by atoms with Gasteiger partial charge in [-0.2, -0.15) is 0 Å². The third-order valence-corrected chi connectivity index (χ3v) is 3.06. The summed E-state index contributed by atoms with van der Waals surface area (Å²) in [6.07, 6.45) is 0. The van der Waals surface area contributed by atoms with Gasteiger partial charge in [-0.05, 0) is 24.7 Å². The largest absolute Gasteiger partial charge is 0.326 e. The van der Waals surface area contributed by atoms with Crippen LogP contribution in [0.15, 0.2) is 24.3 Å². The lowest BCUT2D eigenvalue weighted by Crippen LogP contribution is -2.27. The van der Waals surface area contributed by atoms with Gasteiger partial charge in [0.15, 0.2) is 0 Å². The molecule has 2 N–H and O–H groups in total. The highest BCUT2D eigenvalue weighted by Gasteiger charge is 2.28. The Morgan fingerprint density at radius 1 is 1.43 bits per heavy atom. The number of nitrogens with zero attached hydrogens (tertiary/aromatic N) is 1. The van der Waals surface area contributed by atoms with Gasteiger partial charge >= 0.3 is 0 Å². The van der Waals surface area contributed by atoms with Gasteiger partial charge in [0, 0.05) is 30.1 Å². The Morgan fingerprint density at radius 3 is 2.79 bits per heavy atom. The van der Waals surface area contributed by atoms with Crippen LogP contribution in [-0.4, -0.2) is 31.1 Å². The van der Waals surface area contributed by atoms with E-state index in [2.05, 4.69) is 18.0 Å². The quantitative estimate of drug-likeness (QED) is 0.765. The van der Waals surface area contributed by atoms with Gasteiger partial charge in [0.1, 0.15) is 0 Å². The highest BCUT2D eigenvalue weighted by molar-refractivity contribution is 6.30. The molecule has 0 bridgehead atoms. The topological polar surface area (TPSA) is 29.3 Å². The van der Waals surface area contributed by atoms with Crippen LogP contribution in [0.5, 0.6) is 0 Å². The summed E-state index contributed by atoms with van der Waals surface area (Å²) < 4.78 is 0. The van der Waals surface area contributed by atoms with Crippen molar-refractivity contribution in [2.45, 2.75) is 12.0 Å². The third kappa shape index (κ3) is 1.92. The summed E-state index contributed by atoms with van der Waals surface area (Å²) in [6, 6.07) is 8.25. The van der Waals surface area contributed by atoms with E-state index in [1.54, 1.807) is 0 Å². The fraction of sp³-hybridized carbons (Fsp3) is 0.455. The van der Waals surface area contributed by atoms with Gasteiger partial charge < -0.3 is 10.6 Å². The lowest BCUT2D eigenvalue weighted by molar-refractivity contribution is 0.407. The van der Waals surface area contributed by atoms with Gasteiger partial charge in [0.05, 0.1) is 0 Å². The van der Waals surface area contributed by atoms with Crippen LogP contribution in [0.4, 0.5) is 0 Å². The van der Waals surface area contributed by atoms with Crippen molar-refractivity contribution in [3.05, 3.63) is 34.9 Å². The molecule has 1 aliphatic rings. The number of benzene rings is 1. The third-order valence-electron chi connectivity index (χ3n) is 2.82. The van der Waals surface area contributed by atoms with Gasteiger partial charge in [-0.25, -0.2) is 0 Å². The lowest BCUT2D eigenvalue weighted by Gasteiger charge is -2.14.